The van der Waals surface area contributed by atoms with E-state index >= 15 is 0 Å². The monoisotopic (exact) mass is 702 g/mol. The highest BCUT2D eigenvalue weighted by Crippen LogP contribution is 2.62. The summed E-state index contributed by atoms with van der Waals surface area (Å²) in [5, 5.41) is 0. The molecule has 0 bridgehead atoms. The van der Waals surface area contributed by atoms with Gasteiger partial charge in [0.25, 0.3) is 0 Å². The van der Waals surface area contributed by atoms with E-state index in [4.69, 9.17) is 9.05 Å². The van der Waals surface area contributed by atoms with Crippen molar-refractivity contribution in [3.05, 3.63) is 122 Å². The highest BCUT2D eigenvalue weighted by Gasteiger charge is 2.53. The molecular formula is C38H37F6O4P. The van der Waals surface area contributed by atoms with E-state index in [-0.39, 0.29) is 41.6 Å². The zero-order valence-corrected chi connectivity index (χ0v) is 28.0. The fourth-order valence-electron chi connectivity index (χ4n) is 8.59. The molecule has 1 aliphatic heterocycles. The molecule has 1 saturated carbocycles. The molecule has 4 aliphatic rings. The fourth-order valence-corrected chi connectivity index (χ4v) is 9.69. The van der Waals surface area contributed by atoms with Crippen LogP contribution in [-0.2, 0) is 47.1 Å². The van der Waals surface area contributed by atoms with E-state index in [1.807, 2.05) is 30.4 Å². The number of benzene rings is 3. The second-order valence-electron chi connectivity index (χ2n) is 14.0. The molecule has 6 atom stereocenters. The van der Waals surface area contributed by atoms with Crippen molar-refractivity contribution < 1.29 is 44.8 Å². The first-order valence-corrected chi connectivity index (χ1v) is 18.2. The van der Waals surface area contributed by atoms with Crippen LogP contribution in [0.25, 0.3) is 0 Å². The zero-order chi connectivity index (χ0) is 34.9. The summed E-state index contributed by atoms with van der Waals surface area (Å²) in [5.41, 5.74) is 2.34. The number of halogens is 6. The van der Waals surface area contributed by atoms with Gasteiger partial charge in [-0.2, -0.15) is 26.3 Å². The summed E-state index contributed by atoms with van der Waals surface area (Å²) in [4.78, 5) is 11.3. The number of alkyl halides is 6. The number of phosphoric ester groups is 1. The maximum atomic E-state index is 14.3. The van der Waals surface area contributed by atoms with Crippen LogP contribution in [0.5, 0.6) is 5.75 Å². The van der Waals surface area contributed by atoms with Crippen LogP contribution in [0.15, 0.2) is 66.8 Å². The van der Waals surface area contributed by atoms with Gasteiger partial charge in [0.15, 0.2) is 0 Å². The van der Waals surface area contributed by atoms with E-state index in [0.717, 1.165) is 36.1 Å². The van der Waals surface area contributed by atoms with Crippen molar-refractivity contribution in [3.63, 3.8) is 0 Å². The molecule has 3 aromatic rings. The third-order valence-corrected chi connectivity index (χ3v) is 11.5. The van der Waals surface area contributed by atoms with Crippen molar-refractivity contribution >= 4 is 7.82 Å². The Morgan fingerprint density at radius 3 is 2.16 bits per heavy atom. The van der Waals surface area contributed by atoms with E-state index in [1.165, 1.54) is 12.1 Å². The number of fused-ring (bicyclic) bond motifs is 7. The molecule has 1 N–H and O–H groups in total. The molecule has 0 saturated heterocycles. The van der Waals surface area contributed by atoms with Crippen LogP contribution in [-0.4, -0.2) is 11.0 Å². The normalized spacial score (nSPS) is 27.7. The Morgan fingerprint density at radius 1 is 0.837 bits per heavy atom. The maximum Gasteiger partial charge on any atom is 0.527 e. The average molecular weight is 703 g/mol. The molecule has 4 nitrogen and oxygen atoms in total. The molecular weight excluding hydrogens is 665 g/mol. The van der Waals surface area contributed by atoms with Crippen LogP contribution < -0.4 is 4.52 Å². The van der Waals surface area contributed by atoms with Gasteiger partial charge in [0.1, 0.15) is 5.75 Å². The Balaban J connectivity index is 1.42. The van der Waals surface area contributed by atoms with Crippen LogP contribution in [0.3, 0.4) is 0 Å². The van der Waals surface area contributed by atoms with Crippen molar-refractivity contribution in [2.75, 3.05) is 0 Å². The van der Waals surface area contributed by atoms with Gasteiger partial charge in [0.2, 0.25) is 0 Å². The van der Waals surface area contributed by atoms with Gasteiger partial charge < -0.3 is 4.52 Å². The predicted octanol–water partition coefficient (Wildman–Crippen LogP) is 10.4. The Morgan fingerprint density at radius 2 is 1.47 bits per heavy atom. The number of hydrogen-bond donors (Lipinski definition) is 1. The van der Waals surface area contributed by atoms with E-state index in [0.29, 0.717) is 41.5 Å². The van der Waals surface area contributed by atoms with Gasteiger partial charge in [-0.25, -0.2) is 4.57 Å². The van der Waals surface area contributed by atoms with Crippen LogP contribution in [0.2, 0.25) is 0 Å². The number of allylic oxidation sites excluding steroid dienone is 4. The molecule has 4 unspecified atom stereocenters. The molecule has 11 heteroatoms. The highest BCUT2D eigenvalue weighted by atomic mass is 31.2. The highest BCUT2D eigenvalue weighted by molar-refractivity contribution is 7.47. The third-order valence-electron chi connectivity index (χ3n) is 10.6. The first kappa shape index (κ1) is 34.1. The lowest BCUT2D eigenvalue weighted by atomic mass is 9.60. The van der Waals surface area contributed by atoms with Crippen molar-refractivity contribution in [2.24, 2.45) is 17.8 Å². The molecule has 0 radical (unpaired) electrons. The van der Waals surface area contributed by atoms with Gasteiger partial charge in [-0.3, -0.25) is 9.42 Å². The van der Waals surface area contributed by atoms with Crippen LogP contribution in [0, 0.1) is 31.6 Å². The van der Waals surface area contributed by atoms with E-state index < -0.39 is 49.2 Å². The lowest BCUT2D eigenvalue weighted by Crippen LogP contribution is -2.44. The molecule has 1 fully saturated rings. The van der Waals surface area contributed by atoms with Gasteiger partial charge in [-0.1, -0.05) is 65.8 Å². The molecule has 0 aromatic heterocycles. The molecule has 3 aliphatic carbocycles. The largest absolute Gasteiger partial charge is 0.527 e. The summed E-state index contributed by atoms with van der Waals surface area (Å²) in [6.07, 6.45) is 0.796. The first-order valence-electron chi connectivity index (χ1n) is 16.7. The SMILES string of the molecule is Cc1ccc(Cc2cc3c(c4c2OP(=O)(O)O[C@@H]2C(Cc5ccc(C)cc5C(F)(F)F)CC5C=CC=CC5[C@H]42)CCCC3)c(C(F)(F)F)c1. The van der Waals surface area contributed by atoms with Crippen molar-refractivity contribution in [1.29, 1.82) is 0 Å². The van der Waals surface area contributed by atoms with E-state index in [2.05, 4.69) is 0 Å². The van der Waals surface area contributed by atoms with E-state index in [9.17, 15) is 35.8 Å². The summed E-state index contributed by atoms with van der Waals surface area (Å²) in [6, 6.07) is 10.2. The Hall–Kier alpha value is -3.33. The summed E-state index contributed by atoms with van der Waals surface area (Å²) >= 11 is 0. The number of rotatable bonds is 4. The van der Waals surface area contributed by atoms with Crippen molar-refractivity contribution in [1.82, 2.24) is 0 Å². The molecule has 0 amide bonds. The number of aryl methyl sites for hydroxylation is 3. The molecule has 49 heavy (non-hydrogen) atoms. The van der Waals surface area contributed by atoms with Gasteiger partial charge in [-0.15, -0.1) is 0 Å². The molecule has 3 aromatic carbocycles. The molecule has 260 valence electrons. The number of hydrogen-bond acceptors (Lipinski definition) is 3. The van der Waals surface area contributed by atoms with Gasteiger partial charge in [0.05, 0.1) is 17.2 Å². The quantitative estimate of drug-likeness (QED) is 0.217. The summed E-state index contributed by atoms with van der Waals surface area (Å²) in [6.45, 7) is 3.18. The minimum atomic E-state index is -4.90. The second kappa shape index (κ2) is 12.5. The molecule has 0 spiro atoms. The molecule has 7 rings (SSSR count). The maximum absolute atomic E-state index is 14.3. The van der Waals surface area contributed by atoms with Gasteiger partial charge >= 0.3 is 20.2 Å². The van der Waals surface area contributed by atoms with Gasteiger partial charge in [0, 0.05) is 17.9 Å². The summed E-state index contributed by atoms with van der Waals surface area (Å²) in [7, 11) is -4.90. The standard InChI is InChI=1S/C38H37F6O4P/c1-21-11-13-25(31(15-21)37(39,40)41)19-27-17-23-7-3-5-9-29(23)33-34-30-10-6-4-8-24(30)18-28(36(34)48-49(45,46)47-35(27)33)20-26-14-12-22(2)16-32(26)38(42,43)44/h3,5,7,9,11-16,18,23,27,29,33,35H,4,6,8,10,17,19-20H2,1-2H3,(H,45,46)/t23?,27?,29?,33-,35-/m1/s1. The van der Waals surface area contributed by atoms with Crippen LogP contribution in [0.1, 0.15) is 80.8 Å². The second-order valence-corrected chi connectivity index (χ2v) is 15.3. The first-order chi connectivity index (χ1) is 23.1. The Labute approximate surface area is 281 Å². The lowest BCUT2D eigenvalue weighted by Gasteiger charge is -2.46. The van der Waals surface area contributed by atoms with Gasteiger partial charge in [-0.05, 0) is 110 Å². The predicted molar refractivity (Wildman–Crippen MR) is 173 cm³/mol. The minimum Gasteiger partial charge on any atom is -0.404 e. The topological polar surface area (TPSA) is 55.8 Å². The smallest absolute Gasteiger partial charge is 0.404 e. The Kier molecular flexibility index (Phi) is 8.68. The Bertz CT molecular complexity index is 1890. The number of phosphoric acid groups is 1. The lowest BCUT2D eigenvalue weighted by molar-refractivity contribution is -0.139. The van der Waals surface area contributed by atoms with Crippen LogP contribution >= 0.6 is 7.82 Å². The van der Waals surface area contributed by atoms with E-state index in [1.54, 1.807) is 26.0 Å². The van der Waals surface area contributed by atoms with Crippen molar-refractivity contribution in [3.8, 4) is 5.75 Å². The van der Waals surface area contributed by atoms with Crippen LogP contribution in [0.4, 0.5) is 26.3 Å². The van der Waals surface area contributed by atoms with Crippen molar-refractivity contribution in [2.45, 2.75) is 83.2 Å². The fraction of sp³-hybridized carbons (Fsp3) is 0.421. The minimum absolute atomic E-state index is 0.00749. The summed E-state index contributed by atoms with van der Waals surface area (Å²) in [5.74, 6) is -1.48. The molecule has 1 heterocycles. The zero-order valence-electron chi connectivity index (χ0n) is 27.1. The average Bonchev–Trinajstić information content (AvgIpc) is 3.15. The third kappa shape index (κ3) is 6.64. The summed E-state index contributed by atoms with van der Waals surface area (Å²) < 4.78 is 111.